The summed E-state index contributed by atoms with van der Waals surface area (Å²) < 4.78 is 0. The highest BCUT2D eigenvalue weighted by Gasteiger charge is 2.40. The third-order valence-electron chi connectivity index (χ3n) is 5.17. The quantitative estimate of drug-likeness (QED) is 0.688. The van der Waals surface area contributed by atoms with Gasteiger partial charge in [-0.3, -0.25) is 9.59 Å². The second-order valence-corrected chi connectivity index (χ2v) is 7.73. The number of carbonyl (C=O) groups is 2. The Labute approximate surface area is 169 Å². The van der Waals surface area contributed by atoms with Crippen molar-refractivity contribution in [1.82, 2.24) is 10.6 Å². The topological polar surface area (TPSA) is 58.2 Å². The first-order chi connectivity index (χ1) is 13.1. The lowest BCUT2D eigenvalue weighted by Gasteiger charge is -2.36. The normalized spacial score (nSPS) is 17.0. The maximum absolute atomic E-state index is 13.2. The van der Waals surface area contributed by atoms with Gasteiger partial charge in [0.15, 0.2) is 0 Å². The average molecular weight is 405 g/mol. The Kier molecular flexibility index (Phi) is 6.40. The largest absolute Gasteiger partial charge is 0.344 e. The minimum Gasteiger partial charge on any atom is -0.344 e. The van der Waals surface area contributed by atoms with Crippen molar-refractivity contribution >= 4 is 35.5 Å². The number of rotatable bonds is 6. The summed E-state index contributed by atoms with van der Waals surface area (Å²) in [6.07, 6.45) is 4.77. The Morgan fingerprint density at radius 2 is 1.67 bits per heavy atom. The van der Waals surface area contributed by atoms with Crippen LogP contribution in [0.3, 0.4) is 0 Å². The van der Waals surface area contributed by atoms with Crippen LogP contribution in [-0.2, 0) is 9.59 Å². The van der Waals surface area contributed by atoms with Gasteiger partial charge in [-0.1, -0.05) is 72.8 Å². The Hall–Kier alpha value is -2.04. The molecule has 1 aliphatic carbocycles. The molecule has 0 saturated heterocycles. The van der Waals surface area contributed by atoms with Gasteiger partial charge in [-0.25, -0.2) is 0 Å². The van der Waals surface area contributed by atoms with Crippen LogP contribution in [0.15, 0.2) is 48.5 Å². The fourth-order valence-electron chi connectivity index (χ4n) is 3.68. The van der Waals surface area contributed by atoms with Gasteiger partial charge in [0, 0.05) is 10.0 Å². The van der Waals surface area contributed by atoms with Gasteiger partial charge in [-0.15, -0.1) is 0 Å². The summed E-state index contributed by atoms with van der Waals surface area (Å²) in [5, 5.41) is 7.09. The SMILES string of the molecule is O=CNC1(C(=O)N[C@@H](c2ccc(Cl)cc2)c2ccccc2Cl)CCCCC1. The number of hydrogen-bond donors (Lipinski definition) is 2. The van der Waals surface area contributed by atoms with Crippen molar-refractivity contribution in [3.63, 3.8) is 0 Å². The third kappa shape index (κ3) is 4.45. The van der Waals surface area contributed by atoms with Gasteiger partial charge < -0.3 is 10.6 Å². The molecule has 0 unspecified atom stereocenters. The standard InChI is InChI=1S/C21H22Cl2N2O2/c22-16-10-8-15(9-11-16)19(17-6-2-3-7-18(17)23)25-20(27)21(24-14-26)12-4-1-5-13-21/h2-3,6-11,14,19H,1,4-5,12-13H2,(H,24,26)(H,25,27)/t19-/m0/s1. The molecule has 6 heteroatoms. The van der Waals surface area contributed by atoms with Gasteiger partial charge in [0.25, 0.3) is 0 Å². The maximum atomic E-state index is 13.2. The molecule has 2 aromatic carbocycles. The number of amides is 2. The van der Waals surface area contributed by atoms with Crippen molar-refractivity contribution in [2.45, 2.75) is 43.7 Å². The molecule has 142 valence electrons. The van der Waals surface area contributed by atoms with E-state index in [0.29, 0.717) is 29.3 Å². The molecule has 0 heterocycles. The van der Waals surface area contributed by atoms with E-state index >= 15 is 0 Å². The zero-order valence-electron chi connectivity index (χ0n) is 14.9. The summed E-state index contributed by atoms with van der Waals surface area (Å²) >= 11 is 12.4. The number of benzene rings is 2. The molecule has 1 saturated carbocycles. The van der Waals surface area contributed by atoms with E-state index in [9.17, 15) is 9.59 Å². The van der Waals surface area contributed by atoms with Crippen molar-refractivity contribution in [2.75, 3.05) is 0 Å². The van der Waals surface area contributed by atoms with E-state index in [4.69, 9.17) is 23.2 Å². The van der Waals surface area contributed by atoms with E-state index in [2.05, 4.69) is 10.6 Å². The molecule has 0 aromatic heterocycles. The second kappa shape index (κ2) is 8.77. The second-order valence-electron chi connectivity index (χ2n) is 6.88. The zero-order chi connectivity index (χ0) is 19.3. The molecular weight excluding hydrogens is 383 g/mol. The number of carbonyl (C=O) groups excluding carboxylic acids is 2. The van der Waals surface area contributed by atoms with Crippen LogP contribution in [0.1, 0.15) is 49.3 Å². The molecular formula is C21H22Cl2N2O2. The fraction of sp³-hybridized carbons (Fsp3) is 0.333. The molecule has 1 aliphatic rings. The van der Waals surface area contributed by atoms with Crippen LogP contribution in [0.5, 0.6) is 0 Å². The molecule has 3 rings (SSSR count). The van der Waals surface area contributed by atoms with Crippen molar-refractivity contribution in [3.05, 3.63) is 69.7 Å². The smallest absolute Gasteiger partial charge is 0.246 e. The summed E-state index contributed by atoms with van der Waals surface area (Å²) in [6, 6.07) is 14.3. The van der Waals surface area contributed by atoms with Gasteiger partial charge >= 0.3 is 0 Å². The molecule has 1 fully saturated rings. The number of halogens is 2. The summed E-state index contributed by atoms with van der Waals surface area (Å²) in [7, 11) is 0. The maximum Gasteiger partial charge on any atom is 0.246 e. The predicted molar refractivity (Wildman–Crippen MR) is 108 cm³/mol. The van der Waals surface area contributed by atoms with E-state index in [1.807, 2.05) is 30.3 Å². The Bertz CT molecular complexity index is 802. The first-order valence-electron chi connectivity index (χ1n) is 9.08. The number of nitrogens with one attached hydrogen (secondary N) is 2. The monoisotopic (exact) mass is 404 g/mol. The summed E-state index contributed by atoms with van der Waals surface area (Å²) in [5.41, 5.74) is 0.802. The summed E-state index contributed by atoms with van der Waals surface area (Å²) in [6.45, 7) is 0. The van der Waals surface area contributed by atoms with E-state index in [0.717, 1.165) is 30.4 Å². The Morgan fingerprint density at radius 3 is 2.30 bits per heavy atom. The van der Waals surface area contributed by atoms with Crippen LogP contribution in [0.4, 0.5) is 0 Å². The highest BCUT2D eigenvalue weighted by molar-refractivity contribution is 6.31. The van der Waals surface area contributed by atoms with E-state index < -0.39 is 11.6 Å². The highest BCUT2D eigenvalue weighted by atomic mass is 35.5. The lowest BCUT2D eigenvalue weighted by molar-refractivity contribution is -0.132. The fourth-order valence-corrected chi connectivity index (χ4v) is 4.05. The van der Waals surface area contributed by atoms with Gasteiger partial charge in [-0.05, 0) is 42.2 Å². The lowest BCUT2D eigenvalue weighted by atomic mass is 9.80. The van der Waals surface area contributed by atoms with Crippen molar-refractivity contribution in [3.8, 4) is 0 Å². The molecule has 0 radical (unpaired) electrons. The minimum absolute atomic E-state index is 0.186. The molecule has 0 aliphatic heterocycles. The number of hydrogen-bond acceptors (Lipinski definition) is 2. The zero-order valence-corrected chi connectivity index (χ0v) is 16.4. The highest BCUT2D eigenvalue weighted by Crippen LogP contribution is 2.32. The molecule has 2 amide bonds. The van der Waals surface area contributed by atoms with Crippen molar-refractivity contribution < 1.29 is 9.59 Å². The van der Waals surface area contributed by atoms with Crippen LogP contribution in [-0.4, -0.2) is 17.9 Å². The summed E-state index contributed by atoms with van der Waals surface area (Å²) in [5.74, 6) is -0.186. The molecule has 2 aromatic rings. The van der Waals surface area contributed by atoms with Crippen LogP contribution in [0, 0.1) is 0 Å². The van der Waals surface area contributed by atoms with Crippen LogP contribution in [0.2, 0.25) is 10.0 Å². The van der Waals surface area contributed by atoms with Gasteiger partial charge in [-0.2, -0.15) is 0 Å². The van der Waals surface area contributed by atoms with Crippen molar-refractivity contribution in [1.29, 1.82) is 0 Å². The van der Waals surface area contributed by atoms with Crippen LogP contribution in [0.25, 0.3) is 0 Å². The summed E-state index contributed by atoms with van der Waals surface area (Å²) in [4.78, 5) is 24.4. The molecule has 0 bridgehead atoms. The van der Waals surface area contributed by atoms with Crippen LogP contribution < -0.4 is 10.6 Å². The Morgan fingerprint density at radius 1 is 1.00 bits per heavy atom. The van der Waals surface area contributed by atoms with E-state index in [-0.39, 0.29) is 5.91 Å². The van der Waals surface area contributed by atoms with E-state index in [1.54, 1.807) is 18.2 Å². The minimum atomic E-state index is -0.869. The first-order valence-corrected chi connectivity index (χ1v) is 9.83. The lowest BCUT2D eigenvalue weighted by Crippen LogP contribution is -2.58. The average Bonchev–Trinajstić information content (AvgIpc) is 2.68. The van der Waals surface area contributed by atoms with Gasteiger partial charge in [0.05, 0.1) is 6.04 Å². The molecule has 0 spiro atoms. The molecule has 27 heavy (non-hydrogen) atoms. The van der Waals surface area contributed by atoms with Crippen LogP contribution >= 0.6 is 23.2 Å². The molecule has 2 N–H and O–H groups in total. The predicted octanol–water partition coefficient (Wildman–Crippen LogP) is 4.65. The van der Waals surface area contributed by atoms with Crippen molar-refractivity contribution in [2.24, 2.45) is 0 Å². The Balaban J connectivity index is 1.95. The third-order valence-corrected chi connectivity index (χ3v) is 5.77. The van der Waals surface area contributed by atoms with E-state index in [1.165, 1.54) is 0 Å². The molecule has 1 atom stereocenters. The molecule has 4 nitrogen and oxygen atoms in total. The first kappa shape index (κ1) is 19.7. The van der Waals surface area contributed by atoms with Gasteiger partial charge in [0.2, 0.25) is 12.3 Å². The van der Waals surface area contributed by atoms with Gasteiger partial charge in [0.1, 0.15) is 5.54 Å².